The lowest BCUT2D eigenvalue weighted by molar-refractivity contribution is 0.199. The van der Waals surface area contributed by atoms with E-state index >= 15 is 0 Å². The number of hydrogen-bond acceptors (Lipinski definition) is 4. The van der Waals surface area contributed by atoms with Crippen LogP contribution in [0.15, 0.2) is 18.2 Å². The molecule has 19 heavy (non-hydrogen) atoms. The molecule has 0 aromatic heterocycles. The maximum Gasteiger partial charge on any atom is 0.149 e. The summed E-state index contributed by atoms with van der Waals surface area (Å²) in [5.41, 5.74) is 1.05. The smallest absolute Gasteiger partial charge is 0.149 e. The number of benzene rings is 1. The van der Waals surface area contributed by atoms with E-state index in [1.54, 1.807) is 21.1 Å². The fourth-order valence-electron chi connectivity index (χ4n) is 1.55. The van der Waals surface area contributed by atoms with E-state index in [0.717, 1.165) is 23.6 Å². The molecule has 0 aliphatic carbocycles. The summed E-state index contributed by atoms with van der Waals surface area (Å²) in [5.74, 6) is 7.34. The Labute approximate surface area is 115 Å². The Morgan fingerprint density at radius 1 is 1.26 bits per heavy atom. The summed E-state index contributed by atoms with van der Waals surface area (Å²) >= 11 is 0. The van der Waals surface area contributed by atoms with Crippen LogP contribution in [0.4, 0.5) is 0 Å². The highest BCUT2D eigenvalue weighted by Crippen LogP contribution is 2.24. The molecule has 0 heterocycles. The zero-order chi connectivity index (χ0) is 13.9. The van der Waals surface area contributed by atoms with Crippen LogP contribution in [-0.2, 0) is 11.3 Å². The molecule has 0 bridgehead atoms. The number of nitrogens with one attached hydrogen (secondary N) is 1. The lowest BCUT2D eigenvalue weighted by atomic mass is 10.2. The topological polar surface area (TPSA) is 39.7 Å². The van der Waals surface area contributed by atoms with E-state index in [0.29, 0.717) is 19.8 Å². The summed E-state index contributed by atoms with van der Waals surface area (Å²) in [6.07, 6.45) is 0. The average Bonchev–Trinajstić information content (AvgIpc) is 2.45. The Balaban J connectivity index is 2.67. The first-order valence-electron chi connectivity index (χ1n) is 6.20. The second-order valence-corrected chi connectivity index (χ2v) is 3.86. The van der Waals surface area contributed by atoms with E-state index in [1.807, 2.05) is 18.2 Å². The van der Waals surface area contributed by atoms with Crippen molar-refractivity contribution in [3.63, 3.8) is 0 Å². The molecule has 4 nitrogen and oxygen atoms in total. The summed E-state index contributed by atoms with van der Waals surface area (Å²) in [5, 5.41) is 3.29. The largest absolute Gasteiger partial charge is 0.497 e. The van der Waals surface area contributed by atoms with Crippen LogP contribution in [0.25, 0.3) is 0 Å². The van der Waals surface area contributed by atoms with Gasteiger partial charge >= 0.3 is 0 Å². The highest BCUT2D eigenvalue weighted by molar-refractivity contribution is 5.40. The second kappa shape index (κ2) is 9.26. The van der Waals surface area contributed by atoms with E-state index in [2.05, 4.69) is 17.2 Å². The average molecular weight is 263 g/mol. The molecule has 1 rings (SSSR count). The molecule has 0 fully saturated rings. The van der Waals surface area contributed by atoms with Crippen LogP contribution in [0.2, 0.25) is 0 Å². The predicted octanol–water partition coefficient (Wildman–Crippen LogP) is 1.83. The molecular formula is C15H21NO3. The number of hydrogen-bond donors (Lipinski definition) is 1. The summed E-state index contributed by atoms with van der Waals surface area (Å²) in [7, 11) is 3.34. The van der Waals surface area contributed by atoms with Gasteiger partial charge in [-0.1, -0.05) is 5.92 Å². The lowest BCUT2D eigenvalue weighted by Gasteiger charge is -2.12. The molecule has 1 aromatic rings. The van der Waals surface area contributed by atoms with Crippen molar-refractivity contribution < 1.29 is 14.2 Å². The lowest BCUT2D eigenvalue weighted by Crippen LogP contribution is -2.19. The summed E-state index contributed by atoms with van der Waals surface area (Å²) in [6.45, 7) is 4.37. The first kappa shape index (κ1) is 15.4. The van der Waals surface area contributed by atoms with Gasteiger partial charge in [-0.05, 0) is 25.1 Å². The summed E-state index contributed by atoms with van der Waals surface area (Å²) in [6, 6.07) is 5.76. The Morgan fingerprint density at radius 3 is 2.79 bits per heavy atom. The molecule has 0 saturated carbocycles. The van der Waals surface area contributed by atoms with Gasteiger partial charge in [0.05, 0.1) is 13.7 Å². The third-order valence-corrected chi connectivity index (χ3v) is 2.54. The first-order valence-corrected chi connectivity index (χ1v) is 6.20. The van der Waals surface area contributed by atoms with Crippen molar-refractivity contribution >= 4 is 0 Å². The van der Waals surface area contributed by atoms with Crippen LogP contribution in [-0.4, -0.2) is 34.0 Å². The molecule has 0 aliphatic rings. The zero-order valence-corrected chi connectivity index (χ0v) is 11.8. The van der Waals surface area contributed by atoms with Crippen LogP contribution < -0.4 is 14.8 Å². The molecule has 0 saturated heterocycles. The minimum Gasteiger partial charge on any atom is -0.497 e. The van der Waals surface area contributed by atoms with Crippen molar-refractivity contribution in [1.82, 2.24) is 5.32 Å². The monoisotopic (exact) mass is 263 g/mol. The van der Waals surface area contributed by atoms with E-state index in [4.69, 9.17) is 14.2 Å². The molecule has 0 aliphatic heterocycles. The molecule has 0 spiro atoms. The third-order valence-electron chi connectivity index (χ3n) is 2.54. The Hall–Kier alpha value is -1.70. The minimum absolute atomic E-state index is 0.397. The van der Waals surface area contributed by atoms with E-state index in [9.17, 15) is 0 Å². The Morgan fingerprint density at radius 2 is 2.11 bits per heavy atom. The highest BCUT2D eigenvalue weighted by Gasteiger charge is 2.05. The quantitative estimate of drug-likeness (QED) is 0.574. The van der Waals surface area contributed by atoms with Crippen LogP contribution in [0.3, 0.4) is 0 Å². The Kier molecular flexibility index (Phi) is 7.48. The second-order valence-electron chi connectivity index (χ2n) is 3.86. The van der Waals surface area contributed by atoms with Gasteiger partial charge in [-0.3, -0.25) is 0 Å². The van der Waals surface area contributed by atoms with E-state index in [-0.39, 0.29) is 0 Å². The number of ether oxygens (including phenoxy) is 3. The Bertz CT molecular complexity index is 435. The molecule has 4 heteroatoms. The molecule has 104 valence electrons. The van der Waals surface area contributed by atoms with Gasteiger partial charge in [-0.15, -0.1) is 5.92 Å². The van der Waals surface area contributed by atoms with Crippen molar-refractivity contribution in [3.05, 3.63) is 23.8 Å². The fraction of sp³-hybridized carbons (Fsp3) is 0.467. The number of rotatable bonds is 8. The van der Waals surface area contributed by atoms with Crippen LogP contribution in [0.1, 0.15) is 12.5 Å². The SMILES string of the molecule is CC#CCOc1ccc(OC)cc1CNCCOC. The normalized spacial score (nSPS) is 9.63. The molecule has 0 amide bonds. The van der Waals surface area contributed by atoms with Gasteiger partial charge in [0.15, 0.2) is 0 Å². The van der Waals surface area contributed by atoms with Gasteiger partial charge in [-0.2, -0.15) is 0 Å². The molecule has 0 atom stereocenters. The van der Waals surface area contributed by atoms with Crippen molar-refractivity contribution in [2.45, 2.75) is 13.5 Å². The van der Waals surface area contributed by atoms with Crippen LogP contribution in [0.5, 0.6) is 11.5 Å². The van der Waals surface area contributed by atoms with Gasteiger partial charge < -0.3 is 19.5 Å². The van der Waals surface area contributed by atoms with Crippen LogP contribution in [0, 0.1) is 11.8 Å². The zero-order valence-electron chi connectivity index (χ0n) is 11.8. The van der Waals surface area contributed by atoms with Gasteiger partial charge in [0.1, 0.15) is 18.1 Å². The third kappa shape index (κ3) is 5.64. The van der Waals surface area contributed by atoms with Gasteiger partial charge in [0.25, 0.3) is 0 Å². The van der Waals surface area contributed by atoms with Crippen molar-refractivity contribution in [1.29, 1.82) is 0 Å². The maximum atomic E-state index is 5.63. The predicted molar refractivity (Wildman–Crippen MR) is 75.5 cm³/mol. The molecule has 1 N–H and O–H groups in total. The maximum absolute atomic E-state index is 5.63. The standard InChI is InChI=1S/C15H21NO3/c1-4-5-9-19-15-7-6-14(18-3)11-13(15)12-16-8-10-17-2/h6-7,11,16H,8-10,12H2,1-3H3. The summed E-state index contributed by atoms with van der Waals surface area (Å²) < 4.78 is 15.9. The molecule has 0 unspecified atom stereocenters. The van der Waals surface area contributed by atoms with Crippen molar-refractivity contribution in [3.8, 4) is 23.3 Å². The molecule has 0 radical (unpaired) electrons. The van der Waals surface area contributed by atoms with Gasteiger partial charge in [0, 0.05) is 25.8 Å². The molecule has 1 aromatic carbocycles. The van der Waals surface area contributed by atoms with Crippen LogP contribution >= 0.6 is 0 Å². The van der Waals surface area contributed by atoms with Crippen molar-refractivity contribution in [2.24, 2.45) is 0 Å². The number of methoxy groups -OCH3 is 2. The van der Waals surface area contributed by atoms with Gasteiger partial charge in [0.2, 0.25) is 0 Å². The first-order chi connectivity index (χ1) is 9.31. The van der Waals surface area contributed by atoms with E-state index in [1.165, 1.54) is 0 Å². The van der Waals surface area contributed by atoms with Gasteiger partial charge in [-0.25, -0.2) is 0 Å². The summed E-state index contributed by atoms with van der Waals surface area (Å²) in [4.78, 5) is 0. The molecular weight excluding hydrogens is 242 g/mol. The van der Waals surface area contributed by atoms with Crippen molar-refractivity contribution in [2.75, 3.05) is 34.0 Å². The minimum atomic E-state index is 0.397. The fourth-order valence-corrected chi connectivity index (χ4v) is 1.55. The van der Waals surface area contributed by atoms with E-state index < -0.39 is 0 Å². The highest BCUT2D eigenvalue weighted by atomic mass is 16.5.